The van der Waals surface area contributed by atoms with Crippen molar-refractivity contribution < 1.29 is 25.8 Å². The third-order valence-corrected chi connectivity index (χ3v) is 8.85. The van der Waals surface area contributed by atoms with Gasteiger partial charge in [-0.3, -0.25) is 18.6 Å². The average molecular weight is 537 g/mol. The zero-order chi connectivity index (χ0) is 26.0. The van der Waals surface area contributed by atoms with Crippen LogP contribution in [0.5, 0.6) is 0 Å². The summed E-state index contributed by atoms with van der Waals surface area (Å²) < 4.78 is 58.6. The van der Waals surface area contributed by atoms with Crippen molar-refractivity contribution in [2.75, 3.05) is 17.8 Å². The Morgan fingerprint density at radius 1 is 1.22 bits per heavy atom. The Kier molecular flexibility index (Phi) is 5.78. The van der Waals surface area contributed by atoms with Gasteiger partial charge in [-0.1, -0.05) is 0 Å². The summed E-state index contributed by atoms with van der Waals surface area (Å²) in [7, 11) is -5.74. The molecule has 1 fully saturated rings. The zero-order valence-corrected chi connectivity index (χ0v) is 22.0. The van der Waals surface area contributed by atoms with Gasteiger partial charge in [-0.05, 0) is 44.9 Å². The maximum atomic E-state index is 13.7. The van der Waals surface area contributed by atoms with Gasteiger partial charge in [0.05, 0.1) is 53.8 Å². The molecule has 0 unspecified atom stereocenters. The van der Waals surface area contributed by atoms with Gasteiger partial charge in [-0.15, -0.1) is 0 Å². The number of aliphatic imine (C=N–C) groups is 1. The molecular formula is C22H28N6O6S2. The fourth-order valence-corrected chi connectivity index (χ4v) is 6.30. The zero-order valence-electron chi connectivity index (χ0n) is 20.4. The van der Waals surface area contributed by atoms with Crippen molar-refractivity contribution in [3.63, 3.8) is 0 Å². The van der Waals surface area contributed by atoms with Crippen molar-refractivity contribution >= 4 is 37.7 Å². The van der Waals surface area contributed by atoms with Gasteiger partial charge in [-0.2, -0.15) is 13.5 Å². The number of sulfonamides is 1. The van der Waals surface area contributed by atoms with Gasteiger partial charge >= 0.3 is 0 Å². The molecule has 1 saturated carbocycles. The lowest BCUT2D eigenvalue weighted by Gasteiger charge is -2.38. The van der Waals surface area contributed by atoms with Crippen LogP contribution in [0.2, 0.25) is 0 Å². The Labute approximate surface area is 210 Å². The highest BCUT2D eigenvalue weighted by Crippen LogP contribution is 2.39. The molecule has 1 aromatic heterocycles. The number of hydrogen-bond acceptors (Lipinski definition) is 9. The molecule has 14 heteroatoms. The van der Waals surface area contributed by atoms with E-state index in [1.807, 2.05) is 18.7 Å². The van der Waals surface area contributed by atoms with Gasteiger partial charge in [0.2, 0.25) is 16.0 Å². The number of fused-ring (bicyclic) bond motifs is 3. The lowest BCUT2D eigenvalue weighted by Crippen LogP contribution is -2.52. The molecule has 0 saturated heterocycles. The van der Waals surface area contributed by atoms with Crippen LogP contribution >= 0.6 is 0 Å². The summed E-state index contributed by atoms with van der Waals surface area (Å²) >= 11 is 0. The molecule has 194 valence electrons. The van der Waals surface area contributed by atoms with E-state index in [0.29, 0.717) is 11.6 Å². The molecule has 36 heavy (non-hydrogen) atoms. The Bertz CT molecular complexity index is 1480. The molecule has 1 N–H and O–H groups in total. The number of anilines is 1. The first-order valence-electron chi connectivity index (χ1n) is 11.5. The standard InChI is InChI=1S/C22H28N6O6S2/c1-14-18(13-34-35(4,30)31)24-21-27(12-15-10-23-26(3)11-15)20(29)17-9-16(5-6-19(17)28(14)21)36(32,33)25-22(2)7-8-22/h5-6,9-11,14,18,25H,7-8,12-13H2,1-4H3/t14-,18+/m1/s1. The number of guanidine groups is 1. The van der Waals surface area contributed by atoms with Crippen LogP contribution in [-0.2, 0) is 37.9 Å². The average Bonchev–Trinajstić information content (AvgIpc) is 3.20. The fourth-order valence-electron chi connectivity index (χ4n) is 4.42. The smallest absolute Gasteiger partial charge is 0.264 e. The van der Waals surface area contributed by atoms with Crippen LogP contribution in [0.4, 0.5) is 5.69 Å². The number of nitrogens with zero attached hydrogens (tertiary/aromatic N) is 5. The highest BCUT2D eigenvalue weighted by Gasteiger charge is 2.46. The lowest BCUT2D eigenvalue weighted by atomic mass is 10.0. The number of hydrogen-bond donors (Lipinski definition) is 1. The summed E-state index contributed by atoms with van der Waals surface area (Å²) in [5.74, 6) is -0.0550. The Morgan fingerprint density at radius 2 is 1.94 bits per heavy atom. The maximum Gasteiger partial charge on any atom is 0.264 e. The number of benzene rings is 1. The van der Waals surface area contributed by atoms with E-state index in [0.717, 1.165) is 24.7 Å². The minimum absolute atomic E-state index is 0.00764. The van der Waals surface area contributed by atoms with Gasteiger partial charge in [0.1, 0.15) is 0 Å². The molecule has 3 heterocycles. The van der Waals surface area contributed by atoms with E-state index in [4.69, 9.17) is 4.18 Å². The van der Waals surface area contributed by atoms with Gasteiger partial charge in [0.15, 0.2) is 0 Å². The maximum absolute atomic E-state index is 13.7. The summed E-state index contributed by atoms with van der Waals surface area (Å²) in [4.78, 5) is 21.7. The second-order valence-corrected chi connectivity index (χ2v) is 13.2. The van der Waals surface area contributed by atoms with Crippen molar-refractivity contribution in [2.24, 2.45) is 12.0 Å². The summed E-state index contributed by atoms with van der Waals surface area (Å²) in [6, 6.07) is 3.55. The second kappa shape index (κ2) is 8.36. The van der Waals surface area contributed by atoms with Gasteiger partial charge in [-0.25, -0.2) is 18.1 Å². The van der Waals surface area contributed by atoms with Crippen LogP contribution in [0.3, 0.4) is 0 Å². The van der Waals surface area contributed by atoms with Crippen molar-refractivity contribution in [2.45, 2.75) is 55.8 Å². The monoisotopic (exact) mass is 536 g/mol. The number of aryl methyl sites for hydroxylation is 1. The van der Waals surface area contributed by atoms with E-state index in [-0.39, 0.29) is 29.7 Å². The Morgan fingerprint density at radius 3 is 2.56 bits per heavy atom. The molecule has 12 nitrogen and oxygen atoms in total. The van der Waals surface area contributed by atoms with E-state index in [1.165, 1.54) is 17.0 Å². The van der Waals surface area contributed by atoms with Crippen LogP contribution in [-0.4, -0.2) is 73.9 Å². The molecule has 5 rings (SSSR count). The van der Waals surface area contributed by atoms with Crippen molar-refractivity contribution in [3.8, 4) is 0 Å². The first-order valence-corrected chi connectivity index (χ1v) is 14.8. The summed E-state index contributed by atoms with van der Waals surface area (Å²) in [5, 5.41) is 4.16. The largest absolute Gasteiger partial charge is 0.306 e. The number of amides is 1. The highest BCUT2D eigenvalue weighted by molar-refractivity contribution is 7.89. The molecule has 0 spiro atoms. The first-order chi connectivity index (χ1) is 16.8. The molecule has 2 atom stereocenters. The summed E-state index contributed by atoms with van der Waals surface area (Å²) in [6.45, 7) is 3.67. The number of carbonyl (C=O) groups excluding carboxylic acids is 1. The predicted octanol–water partition coefficient (Wildman–Crippen LogP) is 0.816. The number of nitrogens with one attached hydrogen (secondary N) is 1. The lowest BCUT2D eigenvalue weighted by molar-refractivity contribution is 0.0832. The van der Waals surface area contributed by atoms with E-state index in [2.05, 4.69) is 14.8 Å². The number of carbonyl (C=O) groups is 1. The fraction of sp³-hybridized carbons (Fsp3) is 0.500. The van der Waals surface area contributed by atoms with Gasteiger partial charge in [0.25, 0.3) is 16.0 Å². The van der Waals surface area contributed by atoms with Crippen LogP contribution in [0.25, 0.3) is 0 Å². The molecule has 2 aromatic rings. The normalized spacial score (nSPS) is 22.9. The summed E-state index contributed by atoms with van der Waals surface area (Å²) in [6.07, 6.45) is 5.90. The molecule has 1 amide bonds. The number of rotatable bonds is 8. The second-order valence-electron chi connectivity index (χ2n) is 9.85. The van der Waals surface area contributed by atoms with E-state index >= 15 is 0 Å². The molecule has 2 aliphatic heterocycles. The highest BCUT2D eigenvalue weighted by atomic mass is 32.2. The molecule has 1 aromatic carbocycles. The van der Waals surface area contributed by atoms with Gasteiger partial charge < -0.3 is 4.90 Å². The van der Waals surface area contributed by atoms with Gasteiger partial charge in [0, 0.05) is 24.3 Å². The van der Waals surface area contributed by atoms with E-state index in [1.54, 1.807) is 30.2 Å². The molecular weight excluding hydrogens is 508 g/mol. The van der Waals surface area contributed by atoms with E-state index in [9.17, 15) is 21.6 Å². The topological polar surface area (TPSA) is 143 Å². The van der Waals surface area contributed by atoms with Crippen LogP contribution in [0.15, 0.2) is 40.5 Å². The predicted molar refractivity (Wildman–Crippen MR) is 131 cm³/mol. The van der Waals surface area contributed by atoms with E-state index < -0.39 is 37.6 Å². The Hall–Kier alpha value is -2.81. The van der Waals surface area contributed by atoms with Crippen molar-refractivity contribution in [1.29, 1.82) is 0 Å². The molecule has 0 radical (unpaired) electrons. The SMILES string of the molecule is C[C@@H]1[C@H](COS(C)(=O)=O)N=C2N(Cc3cnn(C)c3)C(=O)c3cc(S(=O)(=O)NC4(C)CC4)ccc3N21. The minimum Gasteiger partial charge on any atom is -0.306 e. The van der Waals surface area contributed by atoms with Crippen LogP contribution in [0, 0.1) is 0 Å². The third-order valence-electron chi connectivity index (χ3n) is 6.65. The third kappa shape index (κ3) is 4.65. The first kappa shape index (κ1) is 24.9. The summed E-state index contributed by atoms with van der Waals surface area (Å²) in [5.41, 5.74) is 1.03. The minimum atomic E-state index is -3.83. The van der Waals surface area contributed by atoms with Crippen LogP contribution in [0.1, 0.15) is 42.6 Å². The molecule has 3 aliphatic rings. The molecule has 1 aliphatic carbocycles. The van der Waals surface area contributed by atoms with Crippen molar-refractivity contribution in [1.82, 2.24) is 19.4 Å². The number of aromatic nitrogens is 2. The van der Waals surface area contributed by atoms with Crippen LogP contribution < -0.4 is 9.62 Å². The Balaban J connectivity index is 1.55. The molecule has 0 bridgehead atoms. The van der Waals surface area contributed by atoms with Crippen molar-refractivity contribution in [3.05, 3.63) is 41.7 Å². The quantitative estimate of drug-likeness (QED) is 0.489.